The van der Waals surface area contributed by atoms with Crippen molar-refractivity contribution >= 4 is 29.0 Å². The number of carbonyl (C=O) groups is 1. The Hall–Kier alpha value is -2.72. The Balaban J connectivity index is 2.01. The van der Waals surface area contributed by atoms with Crippen LogP contribution in [-0.2, 0) is 4.79 Å². The summed E-state index contributed by atoms with van der Waals surface area (Å²) in [7, 11) is 0. The zero-order chi connectivity index (χ0) is 16.5. The highest BCUT2D eigenvalue weighted by Crippen LogP contribution is 2.46. The second-order valence-corrected chi connectivity index (χ2v) is 6.27. The maximum absolute atomic E-state index is 14.4. The van der Waals surface area contributed by atoms with Crippen molar-refractivity contribution in [2.45, 2.75) is 5.92 Å². The standard InChI is InChI=1S/C20H13FO2S/c21-17-7-3-1-6-15(17)20-19(13-9-10-24-12-13)16(11-22)14-5-2-4-8-18(14)23-20/h1-12,16H. The number of para-hydroxylation sites is 1. The number of carbonyl (C=O) groups excluding carboxylic acids is 1. The molecule has 0 aliphatic carbocycles. The van der Waals surface area contributed by atoms with Crippen molar-refractivity contribution in [2.75, 3.05) is 0 Å². The number of ether oxygens (including phenoxy) is 1. The topological polar surface area (TPSA) is 26.3 Å². The Morgan fingerprint density at radius 2 is 1.83 bits per heavy atom. The van der Waals surface area contributed by atoms with Crippen molar-refractivity contribution in [3.8, 4) is 5.75 Å². The van der Waals surface area contributed by atoms with Gasteiger partial charge in [0.05, 0.1) is 11.5 Å². The Labute approximate surface area is 142 Å². The van der Waals surface area contributed by atoms with Crippen molar-refractivity contribution in [1.29, 1.82) is 0 Å². The van der Waals surface area contributed by atoms with Crippen molar-refractivity contribution < 1.29 is 13.9 Å². The van der Waals surface area contributed by atoms with Crippen LogP contribution in [-0.4, -0.2) is 6.29 Å². The fourth-order valence-electron chi connectivity index (χ4n) is 3.01. The normalized spacial score (nSPS) is 16.5. The Bertz CT molecular complexity index is 928. The molecule has 0 saturated heterocycles. The van der Waals surface area contributed by atoms with Gasteiger partial charge in [0.1, 0.15) is 23.6 Å². The third kappa shape index (κ3) is 2.36. The van der Waals surface area contributed by atoms with E-state index in [-0.39, 0.29) is 5.82 Å². The fourth-order valence-corrected chi connectivity index (χ4v) is 3.66. The average molecular weight is 336 g/mol. The fraction of sp³-hybridized carbons (Fsp3) is 0.0500. The quantitative estimate of drug-likeness (QED) is 0.620. The number of fused-ring (bicyclic) bond motifs is 1. The summed E-state index contributed by atoms with van der Waals surface area (Å²) >= 11 is 1.53. The van der Waals surface area contributed by atoms with Gasteiger partial charge in [-0.3, -0.25) is 0 Å². The second-order valence-electron chi connectivity index (χ2n) is 5.49. The molecule has 1 unspecified atom stereocenters. The third-order valence-corrected chi connectivity index (χ3v) is 4.79. The molecule has 1 aliphatic heterocycles. The van der Waals surface area contributed by atoms with Crippen LogP contribution in [0.2, 0.25) is 0 Å². The van der Waals surface area contributed by atoms with E-state index in [1.165, 1.54) is 17.4 Å². The SMILES string of the molecule is O=CC1C(c2ccsc2)=C(c2ccccc2F)Oc2ccccc21. The number of benzene rings is 2. The number of thiophene rings is 1. The van der Waals surface area contributed by atoms with Gasteiger partial charge in [0, 0.05) is 11.1 Å². The molecule has 118 valence electrons. The first-order chi connectivity index (χ1) is 11.8. The van der Waals surface area contributed by atoms with Gasteiger partial charge in [-0.05, 0) is 40.6 Å². The molecule has 3 aromatic rings. The molecule has 1 aromatic heterocycles. The van der Waals surface area contributed by atoms with Crippen LogP contribution < -0.4 is 4.74 Å². The minimum absolute atomic E-state index is 0.361. The van der Waals surface area contributed by atoms with Gasteiger partial charge in [0.25, 0.3) is 0 Å². The molecule has 0 amide bonds. The van der Waals surface area contributed by atoms with E-state index in [0.29, 0.717) is 22.6 Å². The first-order valence-corrected chi connectivity index (χ1v) is 8.47. The van der Waals surface area contributed by atoms with E-state index in [2.05, 4.69) is 0 Å². The highest BCUT2D eigenvalue weighted by molar-refractivity contribution is 7.08. The van der Waals surface area contributed by atoms with Gasteiger partial charge in [0.15, 0.2) is 0 Å². The summed E-state index contributed by atoms with van der Waals surface area (Å²) in [6, 6.07) is 15.8. The summed E-state index contributed by atoms with van der Waals surface area (Å²) in [5.74, 6) is 0.137. The van der Waals surface area contributed by atoms with Gasteiger partial charge < -0.3 is 9.53 Å². The van der Waals surface area contributed by atoms with E-state index in [4.69, 9.17) is 4.74 Å². The largest absolute Gasteiger partial charge is 0.456 e. The van der Waals surface area contributed by atoms with Crippen LogP contribution in [0.5, 0.6) is 5.75 Å². The molecule has 0 bridgehead atoms. The molecule has 2 aromatic carbocycles. The zero-order valence-corrected chi connectivity index (χ0v) is 13.4. The summed E-state index contributed by atoms with van der Waals surface area (Å²) in [5.41, 5.74) is 2.74. The highest BCUT2D eigenvalue weighted by Gasteiger charge is 2.32. The van der Waals surface area contributed by atoms with Crippen molar-refractivity contribution in [2.24, 2.45) is 0 Å². The van der Waals surface area contributed by atoms with Gasteiger partial charge in [-0.15, -0.1) is 0 Å². The summed E-state index contributed by atoms with van der Waals surface area (Å²) < 4.78 is 20.4. The second kappa shape index (κ2) is 6.06. The summed E-state index contributed by atoms with van der Waals surface area (Å²) in [4.78, 5) is 11.9. The Morgan fingerprint density at radius 3 is 2.58 bits per heavy atom. The van der Waals surface area contributed by atoms with E-state index < -0.39 is 5.92 Å². The summed E-state index contributed by atoms with van der Waals surface area (Å²) in [6.45, 7) is 0. The minimum atomic E-state index is -0.487. The van der Waals surface area contributed by atoms with E-state index in [1.54, 1.807) is 24.3 Å². The van der Waals surface area contributed by atoms with Crippen molar-refractivity contribution in [3.63, 3.8) is 0 Å². The van der Waals surface area contributed by atoms with Crippen molar-refractivity contribution in [1.82, 2.24) is 0 Å². The number of halogens is 1. The molecule has 1 atom stereocenters. The maximum Gasteiger partial charge on any atom is 0.142 e. The number of hydrogen-bond acceptors (Lipinski definition) is 3. The molecule has 4 rings (SSSR count). The molecule has 0 spiro atoms. The van der Waals surface area contributed by atoms with Crippen LogP contribution in [0.3, 0.4) is 0 Å². The van der Waals surface area contributed by atoms with Crippen LogP contribution in [0.25, 0.3) is 11.3 Å². The monoisotopic (exact) mass is 336 g/mol. The first kappa shape index (κ1) is 14.8. The zero-order valence-electron chi connectivity index (χ0n) is 12.6. The van der Waals surface area contributed by atoms with Gasteiger partial charge in [-0.25, -0.2) is 4.39 Å². The number of aldehydes is 1. The van der Waals surface area contributed by atoms with E-state index in [0.717, 1.165) is 17.4 Å². The lowest BCUT2D eigenvalue weighted by atomic mass is 9.84. The Morgan fingerprint density at radius 1 is 1.04 bits per heavy atom. The average Bonchev–Trinajstić information content (AvgIpc) is 3.14. The molecule has 0 radical (unpaired) electrons. The van der Waals surface area contributed by atoms with Gasteiger partial charge in [-0.1, -0.05) is 30.3 Å². The van der Waals surface area contributed by atoms with Crippen LogP contribution in [0.1, 0.15) is 22.6 Å². The lowest BCUT2D eigenvalue weighted by Crippen LogP contribution is -2.16. The van der Waals surface area contributed by atoms with Crippen LogP contribution in [0, 0.1) is 5.82 Å². The smallest absolute Gasteiger partial charge is 0.142 e. The van der Waals surface area contributed by atoms with E-state index >= 15 is 0 Å². The van der Waals surface area contributed by atoms with Crippen molar-refractivity contribution in [3.05, 3.63) is 87.9 Å². The predicted octanol–water partition coefficient (Wildman–Crippen LogP) is 5.13. The third-order valence-electron chi connectivity index (χ3n) is 4.11. The predicted molar refractivity (Wildman–Crippen MR) is 93.4 cm³/mol. The summed E-state index contributed by atoms with van der Waals surface area (Å²) in [6.07, 6.45) is 0.898. The first-order valence-electron chi connectivity index (χ1n) is 7.53. The lowest BCUT2D eigenvalue weighted by molar-refractivity contribution is -0.108. The summed E-state index contributed by atoms with van der Waals surface area (Å²) in [5, 5.41) is 3.88. The lowest BCUT2D eigenvalue weighted by Gasteiger charge is -2.28. The van der Waals surface area contributed by atoms with E-state index in [1.807, 2.05) is 35.0 Å². The van der Waals surface area contributed by atoms with E-state index in [9.17, 15) is 9.18 Å². The molecule has 0 saturated carbocycles. The van der Waals surface area contributed by atoms with Gasteiger partial charge in [0.2, 0.25) is 0 Å². The van der Waals surface area contributed by atoms with Gasteiger partial charge in [-0.2, -0.15) is 11.3 Å². The number of hydrogen-bond donors (Lipinski definition) is 0. The number of rotatable bonds is 3. The molecular formula is C20H13FO2S. The molecular weight excluding hydrogens is 323 g/mol. The van der Waals surface area contributed by atoms with Crippen LogP contribution >= 0.6 is 11.3 Å². The van der Waals surface area contributed by atoms with Crippen LogP contribution in [0.15, 0.2) is 65.4 Å². The molecule has 0 N–H and O–H groups in total. The molecule has 24 heavy (non-hydrogen) atoms. The number of allylic oxidation sites excluding steroid dienone is 1. The molecule has 0 fully saturated rings. The molecule has 2 nitrogen and oxygen atoms in total. The molecule has 1 aliphatic rings. The molecule has 4 heteroatoms. The Kier molecular flexibility index (Phi) is 3.75. The maximum atomic E-state index is 14.4. The highest BCUT2D eigenvalue weighted by atomic mass is 32.1. The van der Waals surface area contributed by atoms with Crippen LogP contribution in [0.4, 0.5) is 4.39 Å². The minimum Gasteiger partial charge on any atom is -0.456 e. The molecule has 2 heterocycles. The van der Waals surface area contributed by atoms with Gasteiger partial charge >= 0.3 is 0 Å².